The van der Waals surface area contributed by atoms with Gasteiger partial charge in [0.25, 0.3) is 0 Å². The molecular formula is C23H28FN3O. The Kier molecular flexibility index (Phi) is 5.72. The number of hydrogen-bond donors (Lipinski definition) is 0. The Bertz CT molecular complexity index is 832. The van der Waals surface area contributed by atoms with E-state index in [1.165, 1.54) is 12.1 Å². The van der Waals surface area contributed by atoms with E-state index >= 15 is 0 Å². The molecule has 0 saturated carbocycles. The fraction of sp³-hybridized carbons (Fsp3) is 0.478. The molecular weight excluding hydrogens is 353 g/mol. The van der Waals surface area contributed by atoms with Gasteiger partial charge in [-0.3, -0.25) is 9.78 Å². The molecule has 1 aromatic carbocycles. The maximum atomic E-state index is 13.6. The number of carbonyl (C=O) groups is 1. The standard InChI is InChI=1S/C23H28FN3O/c1-26-13-10-17(11-14-26)23(28)27-12-4-6-19(16-27)22-9-3-8-21(25-22)18-5-2-7-20(24)15-18/h2-3,5,7-9,15,17,19H,4,6,10-14,16H2,1H3/t19-/m1/s1. The summed E-state index contributed by atoms with van der Waals surface area (Å²) < 4.78 is 13.6. The van der Waals surface area contributed by atoms with E-state index in [2.05, 4.69) is 16.8 Å². The molecule has 0 radical (unpaired) electrons. The molecule has 1 amide bonds. The largest absolute Gasteiger partial charge is 0.342 e. The lowest BCUT2D eigenvalue weighted by Gasteiger charge is -2.37. The van der Waals surface area contributed by atoms with Gasteiger partial charge in [0.2, 0.25) is 5.91 Å². The highest BCUT2D eigenvalue weighted by atomic mass is 19.1. The monoisotopic (exact) mass is 381 g/mol. The predicted octanol–water partition coefficient (Wildman–Crippen LogP) is 3.94. The van der Waals surface area contributed by atoms with Gasteiger partial charge < -0.3 is 9.80 Å². The van der Waals surface area contributed by atoms with Crippen molar-refractivity contribution in [2.45, 2.75) is 31.6 Å². The van der Waals surface area contributed by atoms with Crippen LogP contribution in [0.5, 0.6) is 0 Å². The number of amides is 1. The highest BCUT2D eigenvalue weighted by Crippen LogP contribution is 2.30. The summed E-state index contributed by atoms with van der Waals surface area (Å²) in [4.78, 5) is 22.2. The lowest BCUT2D eigenvalue weighted by atomic mass is 9.90. The first-order valence-electron chi connectivity index (χ1n) is 10.3. The van der Waals surface area contributed by atoms with E-state index in [-0.39, 0.29) is 17.7 Å². The Morgan fingerprint density at radius 1 is 1.07 bits per heavy atom. The van der Waals surface area contributed by atoms with Crippen LogP contribution in [0.15, 0.2) is 42.5 Å². The molecule has 148 valence electrons. The molecule has 1 atom stereocenters. The molecule has 2 aliphatic rings. The number of aromatic nitrogens is 1. The average molecular weight is 381 g/mol. The molecule has 0 unspecified atom stereocenters. The van der Waals surface area contributed by atoms with E-state index in [4.69, 9.17) is 4.98 Å². The van der Waals surface area contributed by atoms with Crippen LogP contribution in [0, 0.1) is 11.7 Å². The van der Waals surface area contributed by atoms with Gasteiger partial charge in [-0.25, -0.2) is 4.39 Å². The number of piperidine rings is 2. The van der Waals surface area contributed by atoms with Crippen LogP contribution < -0.4 is 0 Å². The third kappa shape index (κ3) is 4.25. The second-order valence-electron chi connectivity index (χ2n) is 8.16. The van der Waals surface area contributed by atoms with Crippen molar-refractivity contribution in [3.05, 3.63) is 54.0 Å². The molecule has 0 N–H and O–H groups in total. The van der Waals surface area contributed by atoms with Crippen molar-refractivity contribution < 1.29 is 9.18 Å². The van der Waals surface area contributed by atoms with Gasteiger partial charge in [-0.1, -0.05) is 18.2 Å². The zero-order chi connectivity index (χ0) is 19.5. The summed E-state index contributed by atoms with van der Waals surface area (Å²) in [5.41, 5.74) is 2.58. The Morgan fingerprint density at radius 2 is 1.86 bits per heavy atom. The first-order valence-corrected chi connectivity index (χ1v) is 10.3. The van der Waals surface area contributed by atoms with Gasteiger partial charge in [-0.15, -0.1) is 0 Å². The molecule has 4 nitrogen and oxygen atoms in total. The molecule has 2 fully saturated rings. The molecule has 4 rings (SSSR count). The Hall–Kier alpha value is -2.27. The van der Waals surface area contributed by atoms with Gasteiger partial charge in [0, 0.05) is 36.2 Å². The molecule has 0 bridgehead atoms. The van der Waals surface area contributed by atoms with E-state index in [0.29, 0.717) is 5.91 Å². The summed E-state index contributed by atoms with van der Waals surface area (Å²) in [6.45, 7) is 3.60. The van der Waals surface area contributed by atoms with Crippen molar-refractivity contribution in [3.8, 4) is 11.3 Å². The molecule has 2 saturated heterocycles. The Balaban J connectivity index is 1.47. The van der Waals surface area contributed by atoms with Crippen LogP contribution in [0.25, 0.3) is 11.3 Å². The minimum atomic E-state index is -0.253. The zero-order valence-corrected chi connectivity index (χ0v) is 16.5. The summed E-state index contributed by atoms with van der Waals surface area (Å²) in [6.07, 6.45) is 3.97. The van der Waals surface area contributed by atoms with Crippen LogP contribution in [0.4, 0.5) is 4.39 Å². The average Bonchev–Trinajstić information content (AvgIpc) is 2.74. The van der Waals surface area contributed by atoms with E-state index in [1.807, 2.05) is 24.3 Å². The number of benzene rings is 1. The summed E-state index contributed by atoms with van der Waals surface area (Å²) >= 11 is 0. The van der Waals surface area contributed by atoms with Crippen molar-refractivity contribution in [2.75, 3.05) is 33.2 Å². The lowest BCUT2D eigenvalue weighted by Crippen LogP contribution is -2.45. The number of rotatable bonds is 3. The van der Waals surface area contributed by atoms with Gasteiger partial charge in [0.15, 0.2) is 0 Å². The van der Waals surface area contributed by atoms with Gasteiger partial charge in [0.05, 0.1) is 5.69 Å². The lowest BCUT2D eigenvalue weighted by molar-refractivity contribution is -0.138. The molecule has 28 heavy (non-hydrogen) atoms. The summed E-state index contributed by atoms with van der Waals surface area (Å²) in [6, 6.07) is 12.5. The fourth-order valence-corrected chi connectivity index (χ4v) is 4.42. The van der Waals surface area contributed by atoms with Crippen LogP contribution in [0.2, 0.25) is 0 Å². The fourth-order valence-electron chi connectivity index (χ4n) is 4.42. The van der Waals surface area contributed by atoms with Crippen LogP contribution in [-0.2, 0) is 4.79 Å². The van der Waals surface area contributed by atoms with Crippen molar-refractivity contribution >= 4 is 5.91 Å². The van der Waals surface area contributed by atoms with E-state index in [1.54, 1.807) is 6.07 Å². The van der Waals surface area contributed by atoms with Gasteiger partial charge in [-0.2, -0.15) is 0 Å². The second kappa shape index (κ2) is 8.39. The summed E-state index contributed by atoms with van der Waals surface area (Å²) in [7, 11) is 2.12. The number of pyridine rings is 1. The van der Waals surface area contributed by atoms with Crippen LogP contribution in [-0.4, -0.2) is 53.9 Å². The van der Waals surface area contributed by atoms with Crippen LogP contribution in [0.1, 0.15) is 37.3 Å². The normalized spacial score (nSPS) is 21.6. The summed E-state index contributed by atoms with van der Waals surface area (Å²) in [5.74, 6) is 0.482. The smallest absolute Gasteiger partial charge is 0.225 e. The molecule has 3 heterocycles. The number of hydrogen-bond acceptors (Lipinski definition) is 3. The van der Waals surface area contributed by atoms with Gasteiger partial charge >= 0.3 is 0 Å². The van der Waals surface area contributed by atoms with Crippen LogP contribution >= 0.6 is 0 Å². The Labute approximate surface area is 166 Å². The molecule has 0 spiro atoms. The molecule has 0 aliphatic carbocycles. The third-order valence-electron chi connectivity index (χ3n) is 6.11. The van der Waals surface area contributed by atoms with Crippen LogP contribution in [0.3, 0.4) is 0 Å². The minimum absolute atomic E-state index is 0.168. The highest BCUT2D eigenvalue weighted by molar-refractivity contribution is 5.79. The topological polar surface area (TPSA) is 36.4 Å². The molecule has 2 aliphatic heterocycles. The predicted molar refractivity (Wildman–Crippen MR) is 108 cm³/mol. The highest BCUT2D eigenvalue weighted by Gasteiger charge is 2.31. The van der Waals surface area contributed by atoms with Crippen molar-refractivity contribution in [3.63, 3.8) is 0 Å². The number of halogens is 1. The second-order valence-corrected chi connectivity index (χ2v) is 8.16. The van der Waals surface area contributed by atoms with Crippen molar-refractivity contribution in [1.82, 2.24) is 14.8 Å². The minimum Gasteiger partial charge on any atom is -0.342 e. The van der Waals surface area contributed by atoms with E-state index in [0.717, 1.165) is 68.8 Å². The van der Waals surface area contributed by atoms with Crippen molar-refractivity contribution in [2.24, 2.45) is 5.92 Å². The summed E-state index contributed by atoms with van der Waals surface area (Å²) in [5, 5.41) is 0. The van der Waals surface area contributed by atoms with Crippen molar-refractivity contribution in [1.29, 1.82) is 0 Å². The first kappa shape index (κ1) is 19.1. The number of likely N-dealkylation sites (tertiary alicyclic amines) is 2. The Morgan fingerprint density at radius 3 is 2.64 bits per heavy atom. The quantitative estimate of drug-likeness (QED) is 0.808. The number of carbonyl (C=O) groups excluding carboxylic acids is 1. The van der Waals surface area contributed by atoms with E-state index < -0.39 is 0 Å². The zero-order valence-electron chi connectivity index (χ0n) is 16.5. The molecule has 5 heteroatoms. The van der Waals surface area contributed by atoms with E-state index in [9.17, 15) is 9.18 Å². The molecule has 2 aromatic rings. The first-order chi connectivity index (χ1) is 13.6. The number of nitrogens with zero attached hydrogens (tertiary/aromatic N) is 3. The molecule has 1 aromatic heterocycles. The van der Waals surface area contributed by atoms with Gasteiger partial charge in [-0.05, 0) is 70.1 Å². The SMILES string of the molecule is CN1CCC(C(=O)N2CCC[C@@H](c3cccc(-c4cccc(F)c4)n3)C2)CC1. The van der Waals surface area contributed by atoms with Gasteiger partial charge in [0.1, 0.15) is 5.82 Å². The maximum absolute atomic E-state index is 13.6. The third-order valence-corrected chi connectivity index (χ3v) is 6.11. The maximum Gasteiger partial charge on any atom is 0.225 e.